The molecule has 3 rings (SSSR count). The van der Waals surface area contributed by atoms with Gasteiger partial charge < -0.3 is 14.7 Å². The highest BCUT2D eigenvalue weighted by Gasteiger charge is 2.65. The van der Waals surface area contributed by atoms with Crippen molar-refractivity contribution in [3.8, 4) is 0 Å². The third kappa shape index (κ3) is 2.37. The van der Waals surface area contributed by atoms with Crippen LogP contribution in [-0.4, -0.2) is 36.6 Å². The predicted octanol–water partition coefficient (Wildman–Crippen LogP) is 2.43. The Morgan fingerprint density at radius 1 is 1.12 bits per heavy atom. The van der Waals surface area contributed by atoms with Gasteiger partial charge in [-0.2, -0.15) is 0 Å². The molecule has 1 aliphatic rings. The molecule has 2 aromatic carbocycles. The standard InChI is InChI=1S/C20H19NO5/c1-3-26-19(25)20(18(23)24)16(13-9-5-4-6-10-13)14-11-7-8-12-15(14)21(2)17(20)22/h4-12,16H,3H2,1-2H3,(H,23,24). The molecule has 0 aromatic heterocycles. The van der Waals surface area contributed by atoms with Crippen molar-refractivity contribution >= 4 is 23.5 Å². The number of carboxylic acids is 1. The summed E-state index contributed by atoms with van der Waals surface area (Å²) in [4.78, 5) is 39.7. The average molecular weight is 353 g/mol. The van der Waals surface area contributed by atoms with E-state index in [-0.39, 0.29) is 6.61 Å². The molecule has 0 bridgehead atoms. The van der Waals surface area contributed by atoms with Gasteiger partial charge in [0.1, 0.15) is 0 Å². The summed E-state index contributed by atoms with van der Waals surface area (Å²) in [7, 11) is 1.47. The number of nitrogens with zero attached hydrogens (tertiary/aromatic N) is 1. The monoisotopic (exact) mass is 353 g/mol. The lowest BCUT2D eigenvalue weighted by atomic mass is 9.65. The van der Waals surface area contributed by atoms with Crippen LogP contribution in [0.3, 0.4) is 0 Å². The lowest BCUT2D eigenvalue weighted by molar-refractivity contribution is -0.173. The van der Waals surface area contributed by atoms with Crippen molar-refractivity contribution in [1.29, 1.82) is 0 Å². The quantitative estimate of drug-likeness (QED) is 0.674. The van der Waals surface area contributed by atoms with Crippen LogP contribution in [0.25, 0.3) is 0 Å². The molecule has 1 aliphatic heterocycles. The first-order chi connectivity index (χ1) is 12.5. The zero-order valence-electron chi connectivity index (χ0n) is 14.5. The maximum Gasteiger partial charge on any atom is 0.334 e. The van der Waals surface area contributed by atoms with Gasteiger partial charge in [0.15, 0.2) is 0 Å². The van der Waals surface area contributed by atoms with Crippen LogP contribution >= 0.6 is 0 Å². The van der Waals surface area contributed by atoms with Crippen molar-refractivity contribution in [2.24, 2.45) is 5.41 Å². The van der Waals surface area contributed by atoms with Crippen LogP contribution in [0.1, 0.15) is 24.0 Å². The molecule has 6 nitrogen and oxygen atoms in total. The molecule has 2 unspecified atom stereocenters. The number of ether oxygens (including phenoxy) is 1. The highest BCUT2D eigenvalue weighted by atomic mass is 16.5. The Morgan fingerprint density at radius 2 is 1.73 bits per heavy atom. The Bertz CT molecular complexity index is 864. The fourth-order valence-electron chi connectivity index (χ4n) is 3.60. The summed E-state index contributed by atoms with van der Waals surface area (Å²) in [5.41, 5.74) is -0.638. The number of aliphatic carboxylic acids is 1. The van der Waals surface area contributed by atoms with Crippen molar-refractivity contribution < 1.29 is 24.2 Å². The molecule has 26 heavy (non-hydrogen) atoms. The molecule has 1 N–H and O–H groups in total. The van der Waals surface area contributed by atoms with Gasteiger partial charge in [0.25, 0.3) is 11.3 Å². The fraction of sp³-hybridized carbons (Fsp3) is 0.250. The van der Waals surface area contributed by atoms with Crippen molar-refractivity contribution in [3.05, 3.63) is 65.7 Å². The van der Waals surface area contributed by atoms with Gasteiger partial charge in [-0.15, -0.1) is 0 Å². The minimum absolute atomic E-state index is 0.0198. The molecule has 0 aliphatic carbocycles. The zero-order chi connectivity index (χ0) is 18.9. The van der Waals surface area contributed by atoms with E-state index < -0.39 is 29.2 Å². The number of para-hydroxylation sites is 1. The number of carbonyl (C=O) groups excluding carboxylic acids is 2. The fourth-order valence-corrected chi connectivity index (χ4v) is 3.60. The summed E-state index contributed by atoms with van der Waals surface area (Å²) >= 11 is 0. The summed E-state index contributed by atoms with van der Waals surface area (Å²) in [5, 5.41) is 10.1. The van der Waals surface area contributed by atoms with Crippen molar-refractivity contribution in [1.82, 2.24) is 0 Å². The minimum atomic E-state index is -2.37. The minimum Gasteiger partial charge on any atom is -0.480 e. The van der Waals surface area contributed by atoms with Gasteiger partial charge in [-0.1, -0.05) is 48.5 Å². The predicted molar refractivity (Wildman–Crippen MR) is 94.8 cm³/mol. The zero-order valence-corrected chi connectivity index (χ0v) is 14.5. The Labute approximate surface area is 151 Å². The van der Waals surface area contributed by atoms with E-state index in [0.717, 1.165) is 0 Å². The summed E-state index contributed by atoms with van der Waals surface area (Å²) in [5.74, 6) is -4.36. The van der Waals surface area contributed by atoms with E-state index in [9.17, 15) is 19.5 Å². The van der Waals surface area contributed by atoms with E-state index in [4.69, 9.17) is 4.74 Å². The highest BCUT2D eigenvalue weighted by molar-refractivity contribution is 6.26. The average Bonchev–Trinajstić information content (AvgIpc) is 2.65. The van der Waals surface area contributed by atoms with Crippen LogP contribution in [0.5, 0.6) is 0 Å². The molecule has 6 heteroatoms. The third-order valence-electron chi connectivity index (χ3n) is 4.75. The second-order valence-electron chi connectivity index (χ2n) is 6.10. The first-order valence-corrected chi connectivity index (χ1v) is 8.28. The van der Waals surface area contributed by atoms with E-state index in [2.05, 4.69) is 0 Å². The summed E-state index contributed by atoms with van der Waals surface area (Å²) in [6.07, 6.45) is 0. The number of hydrogen-bond donors (Lipinski definition) is 1. The Balaban J connectivity index is 2.38. The second kappa shape index (κ2) is 6.63. The number of amides is 1. The topological polar surface area (TPSA) is 83.9 Å². The Kier molecular flexibility index (Phi) is 4.50. The maximum absolute atomic E-state index is 13.2. The number of anilines is 1. The van der Waals surface area contributed by atoms with E-state index in [0.29, 0.717) is 16.8 Å². The number of fused-ring (bicyclic) bond motifs is 1. The second-order valence-corrected chi connectivity index (χ2v) is 6.10. The molecular formula is C20H19NO5. The normalized spacial score (nSPS) is 21.8. The molecule has 0 saturated heterocycles. The third-order valence-corrected chi connectivity index (χ3v) is 4.75. The number of carboxylic acid groups (broad SMARTS) is 1. The van der Waals surface area contributed by atoms with Gasteiger partial charge in [0, 0.05) is 18.7 Å². The van der Waals surface area contributed by atoms with Gasteiger partial charge in [-0.25, -0.2) is 0 Å². The number of esters is 1. The van der Waals surface area contributed by atoms with Crippen molar-refractivity contribution in [2.75, 3.05) is 18.6 Å². The van der Waals surface area contributed by atoms with Crippen molar-refractivity contribution in [2.45, 2.75) is 12.8 Å². The smallest absolute Gasteiger partial charge is 0.334 e. The van der Waals surface area contributed by atoms with Gasteiger partial charge in [-0.3, -0.25) is 14.4 Å². The first-order valence-electron chi connectivity index (χ1n) is 8.28. The van der Waals surface area contributed by atoms with Crippen LogP contribution in [0.2, 0.25) is 0 Å². The Hall–Kier alpha value is -3.15. The molecular weight excluding hydrogens is 334 g/mol. The van der Waals surface area contributed by atoms with Gasteiger partial charge in [0.2, 0.25) is 0 Å². The number of benzene rings is 2. The maximum atomic E-state index is 13.2. The summed E-state index contributed by atoms with van der Waals surface area (Å²) in [6, 6.07) is 15.7. The lowest BCUT2D eigenvalue weighted by Gasteiger charge is -2.42. The van der Waals surface area contributed by atoms with Crippen LogP contribution < -0.4 is 4.90 Å². The van der Waals surface area contributed by atoms with Crippen LogP contribution in [0, 0.1) is 5.41 Å². The van der Waals surface area contributed by atoms with Crippen LogP contribution in [-0.2, 0) is 19.1 Å². The Morgan fingerprint density at radius 3 is 2.35 bits per heavy atom. The molecule has 0 fully saturated rings. The number of rotatable bonds is 4. The molecule has 1 amide bonds. The largest absolute Gasteiger partial charge is 0.480 e. The van der Waals surface area contributed by atoms with Crippen LogP contribution in [0.4, 0.5) is 5.69 Å². The van der Waals surface area contributed by atoms with Gasteiger partial charge in [-0.05, 0) is 24.1 Å². The molecule has 2 aromatic rings. The lowest BCUT2D eigenvalue weighted by Crippen LogP contribution is -2.59. The van der Waals surface area contributed by atoms with Crippen molar-refractivity contribution in [3.63, 3.8) is 0 Å². The van der Waals surface area contributed by atoms with Gasteiger partial charge in [0.05, 0.1) is 6.61 Å². The number of carbonyl (C=O) groups is 3. The van der Waals surface area contributed by atoms with E-state index in [1.165, 1.54) is 11.9 Å². The summed E-state index contributed by atoms with van der Waals surface area (Å²) in [6.45, 7) is 1.56. The highest BCUT2D eigenvalue weighted by Crippen LogP contribution is 2.50. The van der Waals surface area contributed by atoms with Crippen LogP contribution in [0.15, 0.2) is 54.6 Å². The number of hydrogen-bond acceptors (Lipinski definition) is 4. The molecule has 0 saturated carbocycles. The molecule has 1 heterocycles. The summed E-state index contributed by atoms with van der Waals surface area (Å²) < 4.78 is 5.06. The molecule has 0 radical (unpaired) electrons. The van der Waals surface area contributed by atoms with E-state index >= 15 is 0 Å². The molecule has 2 atom stereocenters. The van der Waals surface area contributed by atoms with Gasteiger partial charge >= 0.3 is 11.9 Å². The molecule has 0 spiro atoms. The van der Waals surface area contributed by atoms with E-state index in [1.54, 1.807) is 61.5 Å². The molecule has 134 valence electrons. The first kappa shape index (κ1) is 17.7. The van der Waals surface area contributed by atoms with E-state index in [1.807, 2.05) is 0 Å². The SMILES string of the molecule is CCOC(=O)C1(C(=O)O)C(=O)N(C)c2ccccc2C1c1ccccc1.